The van der Waals surface area contributed by atoms with Crippen molar-refractivity contribution < 1.29 is 4.79 Å². The summed E-state index contributed by atoms with van der Waals surface area (Å²) in [7, 11) is 0. The van der Waals surface area contributed by atoms with Crippen LogP contribution in [0.2, 0.25) is 5.02 Å². The Morgan fingerprint density at radius 3 is 2.95 bits per heavy atom. The quantitative estimate of drug-likeness (QED) is 0.722. The molecule has 2 nitrogen and oxygen atoms in total. The molecule has 0 aliphatic carbocycles. The lowest BCUT2D eigenvalue weighted by atomic mass is 9.97. The lowest BCUT2D eigenvalue weighted by Crippen LogP contribution is -2.35. The van der Waals surface area contributed by atoms with Gasteiger partial charge in [-0.2, -0.15) is 0 Å². The van der Waals surface area contributed by atoms with Crippen LogP contribution >= 0.6 is 23.4 Å². The predicted octanol–water partition coefficient (Wildman–Crippen LogP) is 5.13. The fourth-order valence-electron chi connectivity index (χ4n) is 2.82. The van der Waals surface area contributed by atoms with Gasteiger partial charge in [0.25, 0.3) is 0 Å². The Morgan fingerprint density at radius 2 is 2.29 bits per heavy atom. The molecule has 1 aliphatic heterocycles. The van der Waals surface area contributed by atoms with Gasteiger partial charge >= 0.3 is 0 Å². The molecule has 0 radical (unpaired) electrons. The molecule has 116 valence electrons. The number of halogens is 1. The van der Waals surface area contributed by atoms with E-state index < -0.39 is 0 Å². The SMILES string of the molecule is CCCC[C@@H](CC)C(=O)N1CCS[C@H]1c1cccc(Cl)c1. The third-order valence-corrected chi connectivity index (χ3v) is 5.55. The van der Waals surface area contributed by atoms with Crippen LogP contribution in [-0.2, 0) is 4.79 Å². The first-order valence-electron chi connectivity index (χ1n) is 7.84. The van der Waals surface area contributed by atoms with Gasteiger partial charge in [0.05, 0.1) is 0 Å². The van der Waals surface area contributed by atoms with Crippen LogP contribution in [0.3, 0.4) is 0 Å². The summed E-state index contributed by atoms with van der Waals surface area (Å²) in [4.78, 5) is 14.9. The van der Waals surface area contributed by atoms with E-state index >= 15 is 0 Å². The fourth-order valence-corrected chi connectivity index (χ4v) is 4.27. The Labute approximate surface area is 137 Å². The number of hydrogen-bond donors (Lipinski definition) is 0. The van der Waals surface area contributed by atoms with Crippen molar-refractivity contribution >= 4 is 29.3 Å². The number of nitrogens with zero attached hydrogens (tertiary/aromatic N) is 1. The first kappa shape index (κ1) is 16.7. The highest BCUT2D eigenvalue weighted by atomic mass is 35.5. The van der Waals surface area contributed by atoms with Crippen molar-refractivity contribution in [3.8, 4) is 0 Å². The van der Waals surface area contributed by atoms with E-state index in [0.29, 0.717) is 5.91 Å². The Kier molecular flexibility index (Phi) is 6.43. The third-order valence-electron chi connectivity index (χ3n) is 4.06. The standard InChI is InChI=1S/C17H24ClNOS/c1-3-5-7-13(4-2)16(20)19-10-11-21-17(19)14-8-6-9-15(18)12-14/h6,8-9,12-13,17H,3-5,7,10-11H2,1-2H3/t13-,17+/m1/s1. The highest BCUT2D eigenvalue weighted by molar-refractivity contribution is 7.99. The van der Waals surface area contributed by atoms with E-state index in [1.807, 2.05) is 30.0 Å². The number of amides is 1. The number of rotatable bonds is 6. The zero-order valence-electron chi connectivity index (χ0n) is 12.8. The lowest BCUT2D eigenvalue weighted by molar-refractivity contribution is -0.136. The number of thioether (sulfide) groups is 1. The van der Waals surface area contributed by atoms with Gasteiger partial charge < -0.3 is 4.90 Å². The van der Waals surface area contributed by atoms with Crippen LogP contribution in [0.4, 0.5) is 0 Å². The van der Waals surface area contributed by atoms with Gasteiger partial charge in [0, 0.05) is 23.2 Å². The van der Waals surface area contributed by atoms with E-state index in [4.69, 9.17) is 11.6 Å². The highest BCUT2D eigenvalue weighted by Crippen LogP contribution is 2.40. The largest absolute Gasteiger partial charge is 0.325 e. The number of carbonyl (C=O) groups excluding carboxylic acids is 1. The molecule has 1 aromatic carbocycles. The molecular formula is C17H24ClNOS. The number of carbonyl (C=O) groups is 1. The minimum atomic E-state index is 0.131. The fraction of sp³-hybridized carbons (Fsp3) is 0.588. The Bertz CT molecular complexity index is 480. The van der Waals surface area contributed by atoms with Crippen LogP contribution in [0.5, 0.6) is 0 Å². The highest BCUT2D eigenvalue weighted by Gasteiger charge is 2.33. The van der Waals surface area contributed by atoms with Gasteiger partial charge in [0.2, 0.25) is 5.91 Å². The Hall–Kier alpha value is -0.670. The minimum Gasteiger partial charge on any atom is -0.325 e. The van der Waals surface area contributed by atoms with Gasteiger partial charge in [-0.05, 0) is 30.5 Å². The summed E-state index contributed by atoms with van der Waals surface area (Å²) >= 11 is 7.93. The molecule has 0 spiro atoms. The number of hydrogen-bond acceptors (Lipinski definition) is 2. The van der Waals surface area contributed by atoms with Crippen molar-refractivity contribution in [1.82, 2.24) is 4.90 Å². The molecule has 0 bridgehead atoms. The maximum Gasteiger partial charge on any atom is 0.226 e. The Morgan fingerprint density at radius 1 is 1.48 bits per heavy atom. The predicted molar refractivity (Wildman–Crippen MR) is 91.7 cm³/mol. The van der Waals surface area contributed by atoms with E-state index in [9.17, 15) is 4.79 Å². The van der Waals surface area contributed by atoms with Gasteiger partial charge in [0.1, 0.15) is 5.37 Å². The topological polar surface area (TPSA) is 20.3 Å². The first-order valence-corrected chi connectivity index (χ1v) is 9.27. The average Bonchev–Trinajstić information content (AvgIpc) is 2.97. The summed E-state index contributed by atoms with van der Waals surface area (Å²) in [6.07, 6.45) is 4.22. The molecular weight excluding hydrogens is 302 g/mol. The summed E-state index contributed by atoms with van der Waals surface area (Å²) in [5, 5.41) is 0.873. The average molecular weight is 326 g/mol. The van der Waals surface area contributed by atoms with Crippen LogP contribution in [0.1, 0.15) is 50.5 Å². The molecule has 1 fully saturated rings. The molecule has 0 saturated carbocycles. The number of benzene rings is 1. The number of unbranched alkanes of at least 4 members (excludes halogenated alkanes) is 1. The smallest absolute Gasteiger partial charge is 0.226 e. The zero-order chi connectivity index (χ0) is 15.2. The van der Waals surface area contributed by atoms with Gasteiger partial charge in [0.15, 0.2) is 0 Å². The molecule has 0 unspecified atom stereocenters. The van der Waals surface area contributed by atoms with Crippen molar-refractivity contribution in [2.45, 2.75) is 44.9 Å². The molecule has 1 aromatic rings. The summed E-state index contributed by atoms with van der Waals surface area (Å²) in [6.45, 7) is 5.15. The molecule has 1 amide bonds. The molecule has 2 atom stereocenters. The lowest BCUT2D eigenvalue weighted by Gasteiger charge is -2.28. The minimum absolute atomic E-state index is 0.131. The summed E-state index contributed by atoms with van der Waals surface area (Å²) < 4.78 is 0. The van der Waals surface area contributed by atoms with Crippen LogP contribution in [-0.4, -0.2) is 23.1 Å². The van der Waals surface area contributed by atoms with Gasteiger partial charge in [-0.1, -0.05) is 50.4 Å². The van der Waals surface area contributed by atoms with Crippen molar-refractivity contribution in [2.24, 2.45) is 5.92 Å². The van der Waals surface area contributed by atoms with E-state index in [1.54, 1.807) is 0 Å². The van der Waals surface area contributed by atoms with E-state index in [2.05, 4.69) is 24.8 Å². The molecule has 0 aromatic heterocycles. The zero-order valence-corrected chi connectivity index (χ0v) is 14.4. The van der Waals surface area contributed by atoms with Gasteiger partial charge in [-0.25, -0.2) is 0 Å². The molecule has 1 aliphatic rings. The normalized spacial score (nSPS) is 19.8. The van der Waals surface area contributed by atoms with Crippen molar-refractivity contribution in [3.05, 3.63) is 34.9 Å². The van der Waals surface area contributed by atoms with Crippen LogP contribution in [0, 0.1) is 5.92 Å². The van der Waals surface area contributed by atoms with E-state index in [-0.39, 0.29) is 11.3 Å². The van der Waals surface area contributed by atoms with E-state index in [1.165, 1.54) is 0 Å². The third kappa shape index (κ3) is 4.17. The van der Waals surface area contributed by atoms with Crippen molar-refractivity contribution in [2.75, 3.05) is 12.3 Å². The molecule has 2 rings (SSSR count). The second-order valence-corrected chi connectivity index (χ2v) is 7.18. The first-order chi connectivity index (χ1) is 10.2. The summed E-state index contributed by atoms with van der Waals surface area (Å²) in [5.41, 5.74) is 1.14. The van der Waals surface area contributed by atoms with Crippen LogP contribution < -0.4 is 0 Å². The van der Waals surface area contributed by atoms with Gasteiger partial charge in [-0.3, -0.25) is 4.79 Å². The second-order valence-electron chi connectivity index (χ2n) is 5.56. The maximum absolute atomic E-state index is 12.8. The molecule has 1 heterocycles. The van der Waals surface area contributed by atoms with Crippen LogP contribution in [0.15, 0.2) is 24.3 Å². The second kappa shape index (κ2) is 8.09. The molecule has 1 saturated heterocycles. The van der Waals surface area contributed by atoms with Crippen molar-refractivity contribution in [1.29, 1.82) is 0 Å². The van der Waals surface area contributed by atoms with Crippen molar-refractivity contribution in [3.63, 3.8) is 0 Å². The van der Waals surface area contributed by atoms with Gasteiger partial charge in [-0.15, -0.1) is 11.8 Å². The molecule has 0 N–H and O–H groups in total. The summed E-state index contributed by atoms with van der Waals surface area (Å²) in [5.74, 6) is 1.50. The summed E-state index contributed by atoms with van der Waals surface area (Å²) in [6, 6.07) is 7.90. The van der Waals surface area contributed by atoms with E-state index in [0.717, 1.165) is 48.6 Å². The van der Waals surface area contributed by atoms with Crippen LogP contribution in [0.25, 0.3) is 0 Å². The maximum atomic E-state index is 12.8. The molecule has 21 heavy (non-hydrogen) atoms. The molecule has 4 heteroatoms. The Balaban J connectivity index is 2.12. The monoisotopic (exact) mass is 325 g/mol.